The van der Waals surface area contributed by atoms with Crippen LogP contribution in [-0.2, 0) is 6.42 Å². The molecule has 19 heavy (non-hydrogen) atoms. The summed E-state index contributed by atoms with van der Waals surface area (Å²) in [5.41, 5.74) is 4.12. The highest BCUT2D eigenvalue weighted by atomic mass is 79.9. The van der Waals surface area contributed by atoms with Gasteiger partial charge in [0.2, 0.25) is 0 Å². The van der Waals surface area contributed by atoms with E-state index in [0.29, 0.717) is 6.04 Å². The van der Waals surface area contributed by atoms with Crippen molar-refractivity contribution in [1.82, 2.24) is 5.32 Å². The van der Waals surface area contributed by atoms with Crippen LogP contribution in [-0.4, -0.2) is 6.54 Å². The van der Waals surface area contributed by atoms with Crippen LogP contribution in [0.1, 0.15) is 34.5 Å². The Morgan fingerprint density at radius 3 is 2.63 bits per heavy atom. The predicted octanol–water partition coefficient (Wildman–Crippen LogP) is 5.02. The molecule has 2 rings (SSSR count). The van der Waals surface area contributed by atoms with Crippen molar-refractivity contribution in [2.45, 2.75) is 33.2 Å². The minimum Gasteiger partial charge on any atom is -0.310 e. The van der Waals surface area contributed by atoms with Gasteiger partial charge in [-0.05, 0) is 59.6 Å². The molecule has 0 aliphatic carbocycles. The Kier molecular flexibility index (Phi) is 5.20. The van der Waals surface area contributed by atoms with Gasteiger partial charge in [-0.25, -0.2) is 0 Å². The van der Waals surface area contributed by atoms with E-state index in [2.05, 4.69) is 72.3 Å². The Morgan fingerprint density at radius 2 is 2.00 bits per heavy atom. The third-order valence-electron chi connectivity index (χ3n) is 3.29. The second-order valence-corrected chi connectivity index (χ2v) is 7.43. The summed E-state index contributed by atoms with van der Waals surface area (Å²) < 4.78 is 1.21. The van der Waals surface area contributed by atoms with Crippen molar-refractivity contribution < 1.29 is 0 Å². The Hall–Kier alpha value is -0.640. The Bertz CT molecular complexity index is 547. The predicted molar refractivity (Wildman–Crippen MR) is 88.1 cm³/mol. The summed E-state index contributed by atoms with van der Waals surface area (Å²) in [4.78, 5) is 1.42. The quantitative estimate of drug-likeness (QED) is 0.807. The van der Waals surface area contributed by atoms with E-state index in [9.17, 15) is 0 Å². The first-order chi connectivity index (χ1) is 9.10. The largest absolute Gasteiger partial charge is 0.310 e. The van der Waals surface area contributed by atoms with E-state index >= 15 is 0 Å². The number of benzene rings is 1. The van der Waals surface area contributed by atoms with Crippen molar-refractivity contribution in [2.75, 3.05) is 6.54 Å². The molecule has 1 nitrogen and oxygen atoms in total. The summed E-state index contributed by atoms with van der Waals surface area (Å²) >= 11 is 5.36. The fraction of sp³-hybridized carbons (Fsp3) is 0.375. The molecule has 0 bridgehead atoms. The van der Waals surface area contributed by atoms with E-state index in [1.54, 1.807) is 0 Å². The Labute approximate surface area is 128 Å². The molecule has 1 atom stereocenters. The fourth-order valence-electron chi connectivity index (χ4n) is 2.34. The number of hydrogen-bond acceptors (Lipinski definition) is 2. The van der Waals surface area contributed by atoms with Crippen LogP contribution in [0.2, 0.25) is 0 Å². The summed E-state index contributed by atoms with van der Waals surface area (Å²) in [5, 5.41) is 3.62. The van der Waals surface area contributed by atoms with Gasteiger partial charge in [-0.1, -0.05) is 30.7 Å². The van der Waals surface area contributed by atoms with E-state index in [4.69, 9.17) is 0 Å². The first-order valence-corrected chi connectivity index (χ1v) is 8.26. The molecule has 1 N–H and O–H groups in total. The van der Waals surface area contributed by atoms with Crippen LogP contribution >= 0.6 is 27.3 Å². The number of hydrogen-bond donors (Lipinski definition) is 1. The first-order valence-electron chi connectivity index (χ1n) is 6.65. The molecular formula is C16H20BrNS. The third-order valence-corrected chi connectivity index (χ3v) is 4.94. The van der Waals surface area contributed by atoms with Gasteiger partial charge in [0, 0.05) is 17.3 Å². The van der Waals surface area contributed by atoms with Crippen molar-refractivity contribution in [3.63, 3.8) is 0 Å². The molecule has 1 unspecified atom stereocenters. The van der Waals surface area contributed by atoms with Crippen molar-refractivity contribution >= 4 is 27.3 Å². The van der Waals surface area contributed by atoms with Gasteiger partial charge in [-0.15, -0.1) is 11.3 Å². The molecule has 0 aliphatic rings. The molecule has 102 valence electrons. The number of rotatable bonds is 5. The van der Waals surface area contributed by atoms with Crippen LogP contribution in [0.4, 0.5) is 0 Å². The number of aryl methyl sites for hydroxylation is 2. The van der Waals surface area contributed by atoms with E-state index in [-0.39, 0.29) is 0 Å². The number of halogens is 1. The van der Waals surface area contributed by atoms with E-state index in [1.807, 2.05) is 11.3 Å². The lowest BCUT2D eigenvalue weighted by atomic mass is 9.96. The zero-order chi connectivity index (χ0) is 13.8. The smallest absolute Gasteiger partial charge is 0.0701 e. The minimum atomic E-state index is 0.399. The topological polar surface area (TPSA) is 12.0 Å². The summed E-state index contributed by atoms with van der Waals surface area (Å²) in [7, 11) is 0. The number of nitrogens with one attached hydrogen (secondary N) is 1. The second kappa shape index (κ2) is 6.69. The van der Waals surface area contributed by atoms with Crippen molar-refractivity contribution in [3.8, 4) is 0 Å². The Morgan fingerprint density at radius 1 is 1.21 bits per heavy atom. The molecule has 0 spiro atoms. The standard InChI is InChI=1S/C16H20BrNS/c1-4-18-15(10-13-7-8-16(17)19-13)14-9-11(2)5-6-12(14)3/h5-9,15,18H,4,10H2,1-3H3. The molecule has 0 saturated carbocycles. The number of likely N-dealkylation sites (N-methyl/N-ethyl adjacent to an activating group) is 1. The lowest BCUT2D eigenvalue weighted by Gasteiger charge is -2.20. The minimum absolute atomic E-state index is 0.399. The van der Waals surface area contributed by atoms with Gasteiger partial charge in [-0.2, -0.15) is 0 Å². The maximum atomic E-state index is 3.62. The molecule has 1 aromatic carbocycles. The van der Waals surface area contributed by atoms with Gasteiger partial charge in [0.25, 0.3) is 0 Å². The van der Waals surface area contributed by atoms with Crippen LogP contribution in [0, 0.1) is 13.8 Å². The Balaban J connectivity index is 2.26. The summed E-state index contributed by atoms with van der Waals surface area (Å²) in [6, 6.07) is 11.5. The van der Waals surface area contributed by atoms with Crippen molar-refractivity contribution in [2.24, 2.45) is 0 Å². The molecular weight excluding hydrogens is 318 g/mol. The highest BCUT2D eigenvalue weighted by Crippen LogP contribution is 2.28. The van der Waals surface area contributed by atoms with Gasteiger partial charge in [0.15, 0.2) is 0 Å². The van der Waals surface area contributed by atoms with Crippen molar-refractivity contribution in [3.05, 3.63) is 55.7 Å². The molecule has 0 saturated heterocycles. The highest BCUT2D eigenvalue weighted by molar-refractivity contribution is 9.11. The highest BCUT2D eigenvalue weighted by Gasteiger charge is 2.14. The third kappa shape index (κ3) is 3.91. The zero-order valence-electron chi connectivity index (χ0n) is 11.7. The maximum absolute atomic E-state index is 3.62. The summed E-state index contributed by atoms with van der Waals surface area (Å²) in [6.45, 7) is 7.52. The first kappa shape index (κ1) is 14.8. The zero-order valence-corrected chi connectivity index (χ0v) is 14.1. The lowest BCUT2D eigenvalue weighted by molar-refractivity contribution is 0.550. The number of thiophene rings is 1. The van der Waals surface area contributed by atoms with Crippen LogP contribution in [0.15, 0.2) is 34.1 Å². The molecule has 0 aliphatic heterocycles. The fourth-order valence-corrected chi connectivity index (χ4v) is 3.86. The van der Waals surface area contributed by atoms with Crippen LogP contribution < -0.4 is 5.32 Å². The van der Waals surface area contributed by atoms with Gasteiger partial charge in [0.05, 0.1) is 3.79 Å². The summed E-state index contributed by atoms with van der Waals surface area (Å²) in [6.07, 6.45) is 1.05. The van der Waals surface area contributed by atoms with Gasteiger partial charge in [0.1, 0.15) is 0 Å². The van der Waals surface area contributed by atoms with E-state index in [1.165, 1.54) is 25.4 Å². The molecule has 0 amide bonds. The average molecular weight is 338 g/mol. The lowest BCUT2D eigenvalue weighted by Crippen LogP contribution is -2.23. The van der Waals surface area contributed by atoms with E-state index in [0.717, 1.165) is 13.0 Å². The SMILES string of the molecule is CCNC(Cc1ccc(Br)s1)c1cc(C)ccc1C. The maximum Gasteiger partial charge on any atom is 0.0701 e. The monoisotopic (exact) mass is 337 g/mol. The van der Waals surface area contributed by atoms with Gasteiger partial charge < -0.3 is 5.32 Å². The molecule has 3 heteroatoms. The molecule has 0 fully saturated rings. The molecule has 2 aromatic rings. The summed E-state index contributed by atoms with van der Waals surface area (Å²) in [5.74, 6) is 0. The average Bonchev–Trinajstić information content (AvgIpc) is 2.77. The van der Waals surface area contributed by atoms with Crippen LogP contribution in [0.25, 0.3) is 0 Å². The normalized spacial score (nSPS) is 12.6. The van der Waals surface area contributed by atoms with Crippen LogP contribution in [0.3, 0.4) is 0 Å². The molecule has 1 heterocycles. The van der Waals surface area contributed by atoms with E-state index < -0.39 is 0 Å². The molecule has 0 radical (unpaired) electrons. The molecule has 1 aromatic heterocycles. The van der Waals surface area contributed by atoms with Crippen molar-refractivity contribution in [1.29, 1.82) is 0 Å². The van der Waals surface area contributed by atoms with Crippen LogP contribution in [0.5, 0.6) is 0 Å². The van der Waals surface area contributed by atoms with Gasteiger partial charge in [-0.3, -0.25) is 0 Å². The second-order valence-electron chi connectivity index (χ2n) is 4.88. The van der Waals surface area contributed by atoms with Gasteiger partial charge >= 0.3 is 0 Å².